The molecule has 2 heterocycles. The zero-order valence-corrected chi connectivity index (χ0v) is 11.7. The van der Waals surface area contributed by atoms with E-state index in [0.717, 1.165) is 18.5 Å². The predicted octanol–water partition coefficient (Wildman–Crippen LogP) is 0.937. The second-order valence-corrected chi connectivity index (χ2v) is 4.81. The van der Waals surface area contributed by atoms with Gasteiger partial charge in [0.1, 0.15) is 0 Å². The third-order valence-corrected chi connectivity index (χ3v) is 3.13. The van der Waals surface area contributed by atoms with Gasteiger partial charge in [0.25, 0.3) is 5.56 Å². The summed E-state index contributed by atoms with van der Waals surface area (Å²) in [5, 5.41) is 16.6. The summed E-state index contributed by atoms with van der Waals surface area (Å²) < 4.78 is 3.32. The number of pyridine rings is 1. The van der Waals surface area contributed by atoms with Crippen LogP contribution >= 0.6 is 0 Å². The van der Waals surface area contributed by atoms with Crippen LogP contribution in [0.5, 0.6) is 0 Å². The monoisotopic (exact) mass is 290 g/mol. The Kier molecular flexibility index (Phi) is 5.25. The van der Waals surface area contributed by atoms with Crippen molar-refractivity contribution in [1.29, 1.82) is 0 Å². The van der Waals surface area contributed by atoms with Gasteiger partial charge in [0.05, 0.1) is 12.2 Å². The standard InChI is InChI=1S/C14H18N4O3/c19-13-6-3-4-8-17(13)9-10-18-11-12(15-16-18)5-1-2-7-14(20)21/h3-4,6,8,11H,1-2,5,7,9-10H2,(H,20,21). The molecule has 7 heteroatoms. The Morgan fingerprint density at radius 2 is 2.10 bits per heavy atom. The van der Waals surface area contributed by atoms with Gasteiger partial charge in [-0.15, -0.1) is 5.10 Å². The SMILES string of the molecule is O=C(O)CCCCc1cn(CCn2ccccc2=O)nn1. The molecule has 0 radical (unpaired) electrons. The maximum Gasteiger partial charge on any atom is 0.303 e. The first-order chi connectivity index (χ1) is 10.1. The third kappa shape index (κ3) is 4.87. The van der Waals surface area contributed by atoms with E-state index >= 15 is 0 Å². The summed E-state index contributed by atoms with van der Waals surface area (Å²) in [5.74, 6) is -0.771. The molecule has 112 valence electrons. The fourth-order valence-electron chi connectivity index (χ4n) is 2.00. The van der Waals surface area contributed by atoms with Crippen LogP contribution in [0.15, 0.2) is 35.4 Å². The van der Waals surface area contributed by atoms with Crippen molar-refractivity contribution in [1.82, 2.24) is 19.6 Å². The van der Waals surface area contributed by atoms with Crippen LogP contribution in [0.3, 0.4) is 0 Å². The molecule has 0 aliphatic heterocycles. The number of carboxylic acid groups (broad SMARTS) is 1. The average molecular weight is 290 g/mol. The van der Waals surface area contributed by atoms with Crippen LogP contribution in [0, 0.1) is 0 Å². The number of hydrogen-bond donors (Lipinski definition) is 1. The van der Waals surface area contributed by atoms with E-state index in [2.05, 4.69) is 10.3 Å². The molecule has 1 N–H and O–H groups in total. The van der Waals surface area contributed by atoms with Crippen molar-refractivity contribution in [3.05, 3.63) is 46.6 Å². The van der Waals surface area contributed by atoms with Crippen molar-refractivity contribution >= 4 is 5.97 Å². The van der Waals surface area contributed by atoms with Crippen molar-refractivity contribution < 1.29 is 9.90 Å². The molecule has 0 aliphatic carbocycles. The minimum atomic E-state index is -0.771. The molecule has 0 saturated carbocycles. The molecule has 2 rings (SSSR count). The summed E-state index contributed by atoms with van der Waals surface area (Å²) in [7, 11) is 0. The van der Waals surface area contributed by atoms with Gasteiger partial charge in [-0.2, -0.15) is 0 Å². The number of aliphatic carboxylic acids is 1. The smallest absolute Gasteiger partial charge is 0.303 e. The lowest BCUT2D eigenvalue weighted by Crippen LogP contribution is -2.20. The Morgan fingerprint density at radius 3 is 2.86 bits per heavy atom. The highest BCUT2D eigenvalue weighted by molar-refractivity contribution is 5.66. The quantitative estimate of drug-likeness (QED) is 0.731. The van der Waals surface area contributed by atoms with E-state index < -0.39 is 5.97 Å². The summed E-state index contributed by atoms with van der Waals surface area (Å²) in [6, 6.07) is 5.05. The Hall–Kier alpha value is -2.44. The molecule has 0 amide bonds. The van der Waals surface area contributed by atoms with Crippen LogP contribution in [-0.4, -0.2) is 30.6 Å². The Bertz CT molecular complexity index is 647. The van der Waals surface area contributed by atoms with Crippen LogP contribution in [0.1, 0.15) is 25.0 Å². The van der Waals surface area contributed by atoms with Crippen molar-refractivity contribution in [2.45, 2.75) is 38.8 Å². The van der Waals surface area contributed by atoms with Gasteiger partial charge in [0.15, 0.2) is 0 Å². The molecular formula is C14H18N4O3. The summed E-state index contributed by atoms with van der Waals surface area (Å²) in [6.07, 6.45) is 5.91. The molecule has 0 bridgehead atoms. The van der Waals surface area contributed by atoms with Crippen LogP contribution in [0.4, 0.5) is 0 Å². The molecule has 0 aromatic carbocycles. The molecule has 0 aliphatic rings. The van der Waals surface area contributed by atoms with Crippen LogP contribution in [0.2, 0.25) is 0 Å². The van der Waals surface area contributed by atoms with Crippen molar-refractivity contribution in [2.24, 2.45) is 0 Å². The molecule has 21 heavy (non-hydrogen) atoms. The Balaban J connectivity index is 1.79. The van der Waals surface area contributed by atoms with Crippen molar-refractivity contribution in [3.63, 3.8) is 0 Å². The number of rotatable bonds is 8. The molecule has 2 aromatic heterocycles. The number of carboxylic acids is 1. The molecule has 0 spiro atoms. The first kappa shape index (κ1) is 15.0. The normalized spacial score (nSPS) is 10.7. The van der Waals surface area contributed by atoms with E-state index in [0.29, 0.717) is 19.5 Å². The highest BCUT2D eigenvalue weighted by Crippen LogP contribution is 2.03. The number of aromatic nitrogens is 4. The van der Waals surface area contributed by atoms with Crippen LogP contribution in [0.25, 0.3) is 0 Å². The van der Waals surface area contributed by atoms with E-state index in [1.807, 2.05) is 12.3 Å². The molecule has 0 unspecified atom stereocenters. The Morgan fingerprint density at radius 1 is 1.24 bits per heavy atom. The maximum atomic E-state index is 11.5. The fourth-order valence-corrected chi connectivity index (χ4v) is 2.00. The first-order valence-corrected chi connectivity index (χ1v) is 6.91. The number of aryl methyl sites for hydroxylation is 3. The lowest BCUT2D eigenvalue weighted by molar-refractivity contribution is -0.137. The van der Waals surface area contributed by atoms with Gasteiger partial charge >= 0.3 is 5.97 Å². The second-order valence-electron chi connectivity index (χ2n) is 4.81. The van der Waals surface area contributed by atoms with Gasteiger partial charge in [0, 0.05) is 31.4 Å². The predicted molar refractivity (Wildman–Crippen MR) is 75.9 cm³/mol. The van der Waals surface area contributed by atoms with E-state index in [9.17, 15) is 9.59 Å². The van der Waals surface area contributed by atoms with E-state index in [1.54, 1.807) is 21.5 Å². The van der Waals surface area contributed by atoms with E-state index in [1.165, 1.54) is 6.07 Å². The summed E-state index contributed by atoms with van der Waals surface area (Å²) in [5.41, 5.74) is 0.812. The summed E-state index contributed by atoms with van der Waals surface area (Å²) >= 11 is 0. The Labute approximate surface area is 121 Å². The molecular weight excluding hydrogens is 272 g/mol. The lowest BCUT2D eigenvalue weighted by atomic mass is 10.1. The zero-order chi connectivity index (χ0) is 15.1. The van der Waals surface area contributed by atoms with Gasteiger partial charge in [-0.25, -0.2) is 0 Å². The molecule has 0 atom stereocenters. The van der Waals surface area contributed by atoms with E-state index in [-0.39, 0.29) is 12.0 Å². The average Bonchev–Trinajstić information content (AvgIpc) is 2.90. The van der Waals surface area contributed by atoms with Gasteiger partial charge in [-0.05, 0) is 25.3 Å². The van der Waals surface area contributed by atoms with Gasteiger partial charge in [-0.1, -0.05) is 11.3 Å². The number of unbranched alkanes of at least 4 members (excludes halogenated alkanes) is 1. The second kappa shape index (κ2) is 7.37. The number of carbonyl (C=O) groups is 1. The van der Waals surface area contributed by atoms with Crippen LogP contribution in [-0.2, 0) is 24.3 Å². The molecule has 0 fully saturated rings. The lowest BCUT2D eigenvalue weighted by Gasteiger charge is -2.03. The topological polar surface area (TPSA) is 90.0 Å². The first-order valence-electron chi connectivity index (χ1n) is 6.91. The highest BCUT2D eigenvalue weighted by Gasteiger charge is 2.03. The van der Waals surface area contributed by atoms with E-state index in [4.69, 9.17) is 5.11 Å². The number of nitrogens with zero attached hydrogens (tertiary/aromatic N) is 4. The minimum absolute atomic E-state index is 0.0356. The summed E-state index contributed by atoms with van der Waals surface area (Å²) in [6.45, 7) is 1.12. The molecule has 2 aromatic rings. The largest absolute Gasteiger partial charge is 0.481 e. The summed E-state index contributed by atoms with van der Waals surface area (Å²) in [4.78, 5) is 21.9. The van der Waals surface area contributed by atoms with Crippen molar-refractivity contribution in [3.8, 4) is 0 Å². The van der Waals surface area contributed by atoms with Gasteiger partial charge in [0.2, 0.25) is 0 Å². The van der Waals surface area contributed by atoms with Crippen molar-refractivity contribution in [2.75, 3.05) is 0 Å². The fraction of sp³-hybridized carbons (Fsp3) is 0.429. The molecule has 7 nitrogen and oxygen atoms in total. The minimum Gasteiger partial charge on any atom is -0.481 e. The van der Waals surface area contributed by atoms with Gasteiger partial charge < -0.3 is 9.67 Å². The highest BCUT2D eigenvalue weighted by atomic mass is 16.4. The van der Waals surface area contributed by atoms with Crippen LogP contribution < -0.4 is 5.56 Å². The maximum absolute atomic E-state index is 11.5. The third-order valence-electron chi connectivity index (χ3n) is 3.13. The zero-order valence-electron chi connectivity index (χ0n) is 11.7. The molecule has 0 saturated heterocycles. The number of hydrogen-bond acceptors (Lipinski definition) is 4. The van der Waals surface area contributed by atoms with Gasteiger partial charge in [-0.3, -0.25) is 14.3 Å².